The summed E-state index contributed by atoms with van der Waals surface area (Å²) >= 11 is 5.79. The predicted octanol–water partition coefficient (Wildman–Crippen LogP) is 4.75. The molecule has 0 radical (unpaired) electrons. The minimum atomic E-state index is -0.218. The number of hydrogen-bond acceptors (Lipinski definition) is 2. The second kappa shape index (κ2) is 7.75. The van der Waals surface area contributed by atoms with Crippen LogP contribution in [0.2, 0.25) is 5.02 Å². The molecule has 1 N–H and O–H groups in total. The van der Waals surface area contributed by atoms with Crippen LogP contribution in [-0.2, 0) is 0 Å². The summed E-state index contributed by atoms with van der Waals surface area (Å²) in [5.41, 5.74) is 0.547. The first-order chi connectivity index (χ1) is 9.75. The molecule has 20 heavy (non-hydrogen) atoms. The lowest BCUT2D eigenvalue weighted by atomic mass is 10.2. The van der Waals surface area contributed by atoms with Crippen LogP contribution in [0.5, 0.6) is 5.75 Å². The van der Waals surface area contributed by atoms with Gasteiger partial charge in [0.1, 0.15) is 11.6 Å². The Balaban J connectivity index is 1.60. The molecular formula is C16H17ClFNO. The maximum absolute atomic E-state index is 13.3. The normalized spacial score (nSPS) is 10.3. The Labute approximate surface area is 123 Å². The van der Waals surface area contributed by atoms with Crippen molar-refractivity contribution in [1.82, 2.24) is 0 Å². The Morgan fingerprint density at radius 1 is 1.00 bits per heavy atom. The zero-order valence-electron chi connectivity index (χ0n) is 11.1. The van der Waals surface area contributed by atoms with E-state index in [-0.39, 0.29) is 5.82 Å². The Hall–Kier alpha value is -1.74. The molecule has 0 fully saturated rings. The molecule has 0 amide bonds. The third kappa shape index (κ3) is 4.74. The number of nitrogens with one attached hydrogen (secondary N) is 1. The molecule has 0 bridgehead atoms. The van der Waals surface area contributed by atoms with Gasteiger partial charge in [0.2, 0.25) is 0 Å². The fraction of sp³-hybridized carbons (Fsp3) is 0.250. The molecule has 106 valence electrons. The molecule has 0 spiro atoms. The molecular weight excluding hydrogens is 277 g/mol. The van der Waals surface area contributed by atoms with Crippen LogP contribution in [-0.4, -0.2) is 13.2 Å². The van der Waals surface area contributed by atoms with Gasteiger partial charge in [0.05, 0.1) is 12.3 Å². The van der Waals surface area contributed by atoms with Crippen LogP contribution in [0.1, 0.15) is 12.8 Å². The maximum atomic E-state index is 13.3. The Bertz CT molecular complexity index is 530. The monoisotopic (exact) mass is 293 g/mol. The van der Waals surface area contributed by atoms with E-state index < -0.39 is 0 Å². The van der Waals surface area contributed by atoms with Crippen molar-refractivity contribution in [3.8, 4) is 5.75 Å². The topological polar surface area (TPSA) is 21.3 Å². The molecule has 0 unspecified atom stereocenters. The molecule has 0 aliphatic heterocycles. The summed E-state index contributed by atoms with van der Waals surface area (Å²) in [5, 5.41) is 3.77. The van der Waals surface area contributed by atoms with Crippen molar-refractivity contribution in [2.75, 3.05) is 18.5 Å². The van der Waals surface area contributed by atoms with E-state index in [1.165, 1.54) is 6.07 Å². The minimum absolute atomic E-state index is 0.218. The van der Waals surface area contributed by atoms with Gasteiger partial charge in [0.15, 0.2) is 0 Å². The number of benzene rings is 2. The average Bonchev–Trinajstić information content (AvgIpc) is 2.46. The Kier molecular flexibility index (Phi) is 5.69. The first-order valence-electron chi connectivity index (χ1n) is 6.62. The van der Waals surface area contributed by atoms with Crippen molar-refractivity contribution in [2.45, 2.75) is 12.8 Å². The van der Waals surface area contributed by atoms with Crippen LogP contribution >= 0.6 is 11.6 Å². The van der Waals surface area contributed by atoms with Gasteiger partial charge in [0.25, 0.3) is 0 Å². The first kappa shape index (κ1) is 14.7. The van der Waals surface area contributed by atoms with Crippen molar-refractivity contribution >= 4 is 17.3 Å². The van der Waals surface area contributed by atoms with Gasteiger partial charge in [-0.3, -0.25) is 0 Å². The zero-order chi connectivity index (χ0) is 14.2. The van der Waals surface area contributed by atoms with E-state index in [9.17, 15) is 4.39 Å². The smallest absolute Gasteiger partial charge is 0.146 e. The van der Waals surface area contributed by atoms with E-state index in [1.807, 2.05) is 18.2 Å². The van der Waals surface area contributed by atoms with Crippen molar-refractivity contribution in [1.29, 1.82) is 0 Å². The molecule has 4 heteroatoms. The molecule has 0 heterocycles. The summed E-state index contributed by atoms with van der Waals surface area (Å²) in [6.45, 7) is 1.37. The van der Waals surface area contributed by atoms with Crippen molar-refractivity contribution in [3.05, 3.63) is 59.4 Å². The lowest BCUT2D eigenvalue weighted by Gasteiger charge is -2.08. The van der Waals surface area contributed by atoms with E-state index >= 15 is 0 Å². The van der Waals surface area contributed by atoms with Crippen molar-refractivity contribution in [3.63, 3.8) is 0 Å². The minimum Gasteiger partial charge on any atom is -0.494 e. The second-order valence-corrected chi connectivity index (χ2v) is 4.85. The van der Waals surface area contributed by atoms with Crippen LogP contribution in [0.4, 0.5) is 10.1 Å². The van der Waals surface area contributed by atoms with Crippen molar-refractivity contribution < 1.29 is 9.13 Å². The summed E-state index contributed by atoms with van der Waals surface area (Å²) < 4.78 is 18.9. The van der Waals surface area contributed by atoms with E-state index in [1.54, 1.807) is 24.3 Å². The standard InChI is InChI=1S/C16H17ClFNO/c17-13-7-9-14(10-8-13)20-12-4-3-11-19-16-6-2-1-5-15(16)18/h1-2,5-10,19H,3-4,11-12H2. The lowest BCUT2D eigenvalue weighted by Crippen LogP contribution is -2.05. The van der Waals surface area contributed by atoms with E-state index in [2.05, 4.69) is 5.32 Å². The van der Waals surface area contributed by atoms with Crippen LogP contribution < -0.4 is 10.1 Å². The third-order valence-corrected chi connectivity index (χ3v) is 3.09. The molecule has 0 aliphatic rings. The molecule has 0 aromatic heterocycles. The number of unbranched alkanes of at least 4 members (excludes halogenated alkanes) is 1. The highest BCUT2D eigenvalue weighted by atomic mass is 35.5. The fourth-order valence-corrected chi connectivity index (χ4v) is 1.90. The van der Waals surface area contributed by atoms with Gasteiger partial charge >= 0.3 is 0 Å². The van der Waals surface area contributed by atoms with Gasteiger partial charge in [-0.15, -0.1) is 0 Å². The molecule has 2 rings (SSSR count). The zero-order valence-corrected chi connectivity index (χ0v) is 11.9. The lowest BCUT2D eigenvalue weighted by molar-refractivity contribution is 0.308. The largest absolute Gasteiger partial charge is 0.494 e. The van der Waals surface area contributed by atoms with Gasteiger partial charge in [0, 0.05) is 11.6 Å². The summed E-state index contributed by atoms with van der Waals surface area (Å²) in [5.74, 6) is 0.598. The fourth-order valence-electron chi connectivity index (χ4n) is 1.78. The number of anilines is 1. The summed E-state index contributed by atoms with van der Waals surface area (Å²) in [4.78, 5) is 0. The van der Waals surface area contributed by atoms with E-state index in [4.69, 9.17) is 16.3 Å². The maximum Gasteiger partial charge on any atom is 0.146 e. The highest BCUT2D eigenvalue weighted by molar-refractivity contribution is 6.30. The molecule has 2 nitrogen and oxygen atoms in total. The van der Waals surface area contributed by atoms with Crippen LogP contribution in [0.15, 0.2) is 48.5 Å². The number of ether oxygens (including phenoxy) is 1. The summed E-state index contributed by atoms with van der Waals surface area (Å²) in [6.07, 6.45) is 1.83. The van der Waals surface area contributed by atoms with Crippen LogP contribution in [0, 0.1) is 5.82 Å². The number of hydrogen-bond donors (Lipinski definition) is 1. The Morgan fingerprint density at radius 3 is 2.50 bits per heavy atom. The molecule has 0 aliphatic carbocycles. The molecule has 2 aromatic rings. The Morgan fingerprint density at radius 2 is 1.75 bits per heavy atom. The third-order valence-electron chi connectivity index (χ3n) is 2.84. The average molecular weight is 294 g/mol. The van der Waals surface area contributed by atoms with Gasteiger partial charge in [-0.25, -0.2) is 4.39 Å². The molecule has 0 saturated carbocycles. The van der Waals surface area contributed by atoms with Gasteiger partial charge in [-0.1, -0.05) is 23.7 Å². The highest BCUT2D eigenvalue weighted by Gasteiger charge is 1.99. The number of para-hydroxylation sites is 1. The second-order valence-electron chi connectivity index (χ2n) is 4.42. The predicted molar refractivity (Wildman–Crippen MR) is 81.1 cm³/mol. The summed E-state index contributed by atoms with van der Waals surface area (Å²) in [7, 11) is 0. The van der Waals surface area contributed by atoms with Gasteiger partial charge in [-0.05, 0) is 49.2 Å². The van der Waals surface area contributed by atoms with Crippen LogP contribution in [0.25, 0.3) is 0 Å². The van der Waals surface area contributed by atoms with E-state index in [0.717, 1.165) is 25.1 Å². The summed E-state index contributed by atoms with van der Waals surface area (Å²) in [6, 6.07) is 14.0. The first-order valence-corrected chi connectivity index (χ1v) is 7.00. The van der Waals surface area contributed by atoms with Gasteiger partial charge in [-0.2, -0.15) is 0 Å². The molecule has 0 saturated heterocycles. The number of rotatable bonds is 7. The molecule has 2 aromatic carbocycles. The van der Waals surface area contributed by atoms with Gasteiger partial charge < -0.3 is 10.1 Å². The number of halogens is 2. The van der Waals surface area contributed by atoms with Crippen molar-refractivity contribution in [2.24, 2.45) is 0 Å². The van der Waals surface area contributed by atoms with E-state index in [0.29, 0.717) is 17.3 Å². The molecule has 0 atom stereocenters. The quantitative estimate of drug-likeness (QED) is 0.744. The SMILES string of the molecule is Fc1ccccc1NCCCCOc1ccc(Cl)cc1. The highest BCUT2D eigenvalue weighted by Crippen LogP contribution is 2.16. The van der Waals surface area contributed by atoms with Crippen LogP contribution in [0.3, 0.4) is 0 Å².